The number of hydrogen-bond acceptors (Lipinski definition) is 4. The van der Waals surface area contributed by atoms with Crippen LogP contribution in [0.5, 0.6) is 0 Å². The molecule has 0 fully saturated rings. The number of nitrogens with two attached hydrogens (primary N) is 1. The summed E-state index contributed by atoms with van der Waals surface area (Å²) in [6.45, 7) is 5.71. The molecule has 104 valence electrons. The summed E-state index contributed by atoms with van der Waals surface area (Å²) < 4.78 is 0.789. The minimum absolute atomic E-state index is 0.152. The van der Waals surface area contributed by atoms with Crippen LogP contribution in [0.15, 0.2) is 12.1 Å². The quantitative estimate of drug-likeness (QED) is 0.774. The van der Waals surface area contributed by atoms with Crippen LogP contribution >= 0.6 is 22.9 Å². The van der Waals surface area contributed by atoms with Crippen molar-refractivity contribution in [3.63, 3.8) is 0 Å². The molecule has 0 amide bonds. The maximum atomic E-state index is 9.27. The molecule has 0 radical (unpaired) electrons. The van der Waals surface area contributed by atoms with Crippen molar-refractivity contribution in [1.29, 1.82) is 0 Å². The predicted molar refractivity (Wildman–Crippen MR) is 79.3 cm³/mol. The lowest BCUT2D eigenvalue weighted by atomic mass is 10.1. The zero-order chi connectivity index (χ0) is 13.5. The monoisotopic (exact) mass is 290 g/mol. The van der Waals surface area contributed by atoms with Crippen LogP contribution in [0.4, 0.5) is 0 Å². The molecule has 3 nitrogen and oxygen atoms in total. The van der Waals surface area contributed by atoms with Crippen LogP contribution in [0, 0.1) is 0 Å². The van der Waals surface area contributed by atoms with Gasteiger partial charge < -0.3 is 10.8 Å². The normalized spacial score (nSPS) is 13.5. The first-order valence-corrected chi connectivity index (χ1v) is 7.69. The van der Waals surface area contributed by atoms with Crippen molar-refractivity contribution in [2.24, 2.45) is 5.73 Å². The highest BCUT2D eigenvalue weighted by molar-refractivity contribution is 7.16. The van der Waals surface area contributed by atoms with Crippen molar-refractivity contribution < 1.29 is 5.11 Å². The van der Waals surface area contributed by atoms with Gasteiger partial charge in [0, 0.05) is 24.0 Å². The summed E-state index contributed by atoms with van der Waals surface area (Å²) in [6, 6.07) is 4.55. The Morgan fingerprint density at radius 2 is 2.06 bits per heavy atom. The van der Waals surface area contributed by atoms with Gasteiger partial charge in [-0.25, -0.2) is 0 Å². The van der Waals surface area contributed by atoms with Gasteiger partial charge in [-0.15, -0.1) is 11.3 Å². The van der Waals surface area contributed by atoms with E-state index in [2.05, 4.69) is 18.7 Å². The Balaban J connectivity index is 2.92. The van der Waals surface area contributed by atoms with E-state index in [1.165, 1.54) is 4.88 Å². The molecular weight excluding hydrogens is 268 g/mol. The summed E-state index contributed by atoms with van der Waals surface area (Å²) in [5, 5.41) is 9.27. The fourth-order valence-corrected chi connectivity index (χ4v) is 3.58. The van der Waals surface area contributed by atoms with Crippen LogP contribution in [-0.4, -0.2) is 35.7 Å². The van der Waals surface area contributed by atoms with Crippen molar-refractivity contribution in [1.82, 2.24) is 4.90 Å². The molecule has 1 aromatic heterocycles. The third-order valence-corrected chi connectivity index (χ3v) is 4.65. The minimum atomic E-state index is 0.152. The second kappa shape index (κ2) is 8.12. The van der Waals surface area contributed by atoms with Gasteiger partial charge in [-0.2, -0.15) is 0 Å². The third kappa shape index (κ3) is 3.93. The molecule has 5 heteroatoms. The first kappa shape index (κ1) is 15.9. The largest absolute Gasteiger partial charge is 0.395 e. The topological polar surface area (TPSA) is 49.5 Å². The van der Waals surface area contributed by atoms with E-state index in [0.717, 1.165) is 17.2 Å². The zero-order valence-corrected chi connectivity index (χ0v) is 12.7. The Labute approximate surface area is 119 Å². The van der Waals surface area contributed by atoms with Gasteiger partial charge in [-0.05, 0) is 25.0 Å². The Hall–Kier alpha value is -0.130. The molecule has 0 bridgehead atoms. The fourth-order valence-electron chi connectivity index (χ4n) is 2.39. The molecule has 0 aliphatic heterocycles. The molecule has 18 heavy (non-hydrogen) atoms. The summed E-state index contributed by atoms with van der Waals surface area (Å²) >= 11 is 7.58. The van der Waals surface area contributed by atoms with Crippen LogP contribution in [0.2, 0.25) is 4.34 Å². The molecule has 3 N–H and O–H groups in total. The van der Waals surface area contributed by atoms with Gasteiger partial charge in [0.05, 0.1) is 17.0 Å². The van der Waals surface area contributed by atoms with Gasteiger partial charge in [0.15, 0.2) is 0 Å². The molecular formula is C13H23ClN2OS. The maximum Gasteiger partial charge on any atom is 0.0931 e. The van der Waals surface area contributed by atoms with E-state index in [1.54, 1.807) is 11.3 Å². The molecule has 1 heterocycles. The standard InChI is InChI=1S/C13H23ClN2OS/c1-3-10(4-2)16(7-8-17)11(9-15)12-5-6-13(14)18-12/h5-6,10-11,17H,3-4,7-9,15H2,1-2H3. The molecule has 1 rings (SSSR count). The smallest absolute Gasteiger partial charge is 0.0931 e. The molecule has 0 spiro atoms. The number of rotatable bonds is 8. The average Bonchev–Trinajstić information content (AvgIpc) is 2.78. The Morgan fingerprint density at radius 3 is 2.44 bits per heavy atom. The van der Waals surface area contributed by atoms with Gasteiger partial charge in [0.25, 0.3) is 0 Å². The lowest BCUT2D eigenvalue weighted by Crippen LogP contribution is -2.42. The summed E-state index contributed by atoms with van der Waals surface area (Å²) in [6.07, 6.45) is 2.12. The summed E-state index contributed by atoms with van der Waals surface area (Å²) in [7, 11) is 0. The predicted octanol–water partition coefficient (Wildman–Crippen LogP) is 2.88. The van der Waals surface area contributed by atoms with E-state index in [1.807, 2.05) is 12.1 Å². The second-order valence-corrected chi connectivity index (χ2v) is 6.07. The molecule has 1 aromatic rings. The van der Waals surface area contributed by atoms with Gasteiger partial charge >= 0.3 is 0 Å². The molecule has 0 aliphatic carbocycles. The van der Waals surface area contributed by atoms with Crippen molar-refractivity contribution in [3.8, 4) is 0 Å². The lowest BCUT2D eigenvalue weighted by Gasteiger charge is -2.36. The molecule has 0 saturated carbocycles. The molecule has 1 unspecified atom stereocenters. The zero-order valence-electron chi connectivity index (χ0n) is 11.1. The molecule has 1 atom stereocenters. The first-order valence-electron chi connectivity index (χ1n) is 6.49. The van der Waals surface area contributed by atoms with Crippen molar-refractivity contribution in [2.45, 2.75) is 38.8 Å². The number of thiophene rings is 1. The highest BCUT2D eigenvalue weighted by atomic mass is 35.5. The van der Waals surface area contributed by atoms with E-state index in [4.69, 9.17) is 17.3 Å². The number of aliphatic hydroxyl groups is 1. The fraction of sp³-hybridized carbons (Fsp3) is 0.692. The van der Waals surface area contributed by atoms with Crippen molar-refractivity contribution in [2.75, 3.05) is 19.7 Å². The van der Waals surface area contributed by atoms with E-state index in [9.17, 15) is 5.11 Å². The molecule has 0 saturated heterocycles. The highest BCUT2D eigenvalue weighted by Crippen LogP contribution is 2.31. The van der Waals surface area contributed by atoms with Crippen LogP contribution in [0.25, 0.3) is 0 Å². The van der Waals surface area contributed by atoms with E-state index < -0.39 is 0 Å². The molecule has 0 aromatic carbocycles. The van der Waals surface area contributed by atoms with Gasteiger partial charge in [0.2, 0.25) is 0 Å². The minimum Gasteiger partial charge on any atom is -0.395 e. The van der Waals surface area contributed by atoms with Crippen molar-refractivity contribution >= 4 is 22.9 Å². The van der Waals surface area contributed by atoms with Crippen LogP contribution in [0.3, 0.4) is 0 Å². The van der Waals surface area contributed by atoms with E-state index >= 15 is 0 Å². The average molecular weight is 291 g/mol. The third-order valence-electron chi connectivity index (χ3n) is 3.32. The van der Waals surface area contributed by atoms with Crippen LogP contribution < -0.4 is 5.73 Å². The SMILES string of the molecule is CCC(CC)N(CCO)C(CN)c1ccc(Cl)s1. The Bertz CT molecular complexity index is 341. The Kier molecular flexibility index (Phi) is 7.19. The van der Waals surface area contributed by atoms with Gasteiger partial charge in [-0.1, -0.05) is 25.4 Å². The number of halogens is 1. The van der Waals surface area contributed by atoms with Gasteiger partial charge in [-0.3, -0.25) is 4.90 Å². The van der Waals surface area contributed by atoms with Gasteiger partial charge in [0.1, 0.15) is 0 Å². The van der Waals surface area contributed by atoms with E-state index in [0.29, 0.717) is 19.1 Å². The Morgan fingerprint density at radius 1 is 1.39 bits per heavy atom. The van der Waals surface area contributed by atoms with E-state index in [-0.39, 0.29) is 12.6 Å². The van der Waals surface area contributed by atoms with Crippen molar-refractivity contribution in [3.05, 3.63) is 21.3 Å². The van der Waals surface area contributed by atoms with Crippen LogP contribution in [-0.2, 0) is 0 Å². The summed E-state index contributed by atoms with van der Waals surface area (Å²) in [4.78, 5) is 3.49. The summed E-state index contributed by atoms with van der Waals surface area (Å²) in [5.41, 5.74) is 5.93. The first-order chi connectivity index (χ1) is 8.67. The van der Waals surface area contributed by atoms with Crippen LogP contribution in [0.1, 0.15) is 37.6 Å². The highest BCUT2D eigenvalue weighted by Gasteiger charge is 2.25. The maximum absolute atomic E-state index is 9.27. The second-order valence-electron chi connectivity index (χ2n) is 4.33. The number of nitrogens with zero attached hydrogens (tertiary/aromatic N) is 1. The number of hydrogen-bond donors (Lipinski definition) is 2. The number of aliphatic hydroxyl groups excluding tert-OH is 1. The summed E-state index contributed by atoms with van der Waals surface area (Å²) in [5.74, 6) is 0. The molecule has 0 aliphatic rings. The lowest BCUT2D eigenvalue weighted by molar-refractivity contribution is 0.101.